The zero-order valence-electron chi connectivity index (χ0n) is 13.7. The highest BCUT2D eigenvalue weighted by Crippen LogP contribution is 2.38. The summed E-state index contributed by atoms with van der Waals surface area (Å²) in [5, 5.41) is 11.6. The fourth-order valence-electron chi connectivity index (χ4n) is 2.24. The highest BCUT2D eigenvalue weighted by molar-refractivity contribution is 8.03. The van der Waals surface area contributed by atoms with Gasteiger partial charge < -0.3 is 14.8 Å². The molecule has 1 aromatic carbocycles. The molecule has 0 atom stereocenters. The molecule has 136 valence electrons. The molecule has 0 saturated heterocycles. The number of carbonyl (C=O) groups excluding carboxylic acids is 1. The van der Waals surface area contributed by atoms with Gasteiger partial charge in [0.25, 0.3) is 0 Å². The molecule has 1 N–H and O–H groups in total. The third-order valence-electron chi connectivity index (χ3n) is 3.28. The quantitative estimate of drug-likeness (QED) is 0.596. The van der Waals surface area contributed by atoms with E-state index in [0.717, 1.165) is 30.4 Å². The first-order valence-electron chi connectivity index (χ1n) is 7.80. The smallest absolute Gasteiger partial charge is 0.236 e. The van der Waals surface area contributed by atoms with Crippen LogP contribution in [0.4, 0.5) is 5.13 Å². The van der Waals surface area contributed by atoms with Crippen LogP contribution in [0, 0.1) is 0 Å². The Kier molecular flexibility index (Phi) is 5.48. The van der Waals surface area contributed by atoms with Crippen LogP contribution in [0.1, 0.15) is 6.92 Å². The fourth-order valence-corrected chi connectivity index (χ4v) is 5.85. The van der Waals surface area contributed by atoms with Gasteiger partial charge in [0, 0.05) is 12.1 Å². The Morgan fingerprint density at radius 3 is 2.65 bits per heavy atom. The third-order valence-corrected chi connectivity index (χ3v) is 7.29. The summed E-state index contributed by atoms with van der Waals surface area (Å²) in [6.07, 6.45) is 0. The highest BCUT2D eigenvalue weighted by atomic mass is 32.2. The lowest BCUT2D eigenvalue weighted by molar-refractivity contribution is -0.113. The summed E-state index contributed by atoms with van der Waals surface area (Å²) < 4.78 is 13.8. The first kappa shape index (κ1) is 17.8. The highest BCUT2D eigenvalue weighted by Gasteiger charge is 2.16. The molecule has 3 heterocycles. The van der Waals surface area contributed by atoms with Crippen molar-refractivity contribution in [3.8, 4) is 11.5 Å². The number of nitrogens with zero attached hydrogens (tertiary/aromatic N) is 3. The predicted molar refractivity (Wildman–Crippen MR) is 106 cm³/mol. The third kappa shape index (κ3) is 4.05. The van der Waals surface area contributed by atoms with Crippen LogP contribution < -0.4 is 14.8 Å². The number of thioether (sulfide) groups is 2. The van der Waals surface area contributed by atoms with Crippen LogP contribution in [-0.4, -0.2) is 45.8 Å². The normalized spacial score (nSPS) is 13.1. The van der Waals surface area contributed by atoms with Crippen LogP contribution in [0.5, 0.6) is 11.5 Å². The van der Waals surface area contributed by atoms with Crippen molar-refractivity contribution in [2.45, 2.75) is 15.6 Å². The molecular formula is C15H14N4O3S4. The largest absolute Gasteiger partial charge is 0.486 e. The van der Waals surface area contributed by atoms with Crippen LogP contribution in [0.25, 0.3) is 10.2 Å². The van der Waals surface area contributed by atoms with E-state index in [0.29, 0.717) is 24.1 Å². The Hall–Kier alpha value is -1.56. The van der Waals surface area contributed by atoms with Crippen molar-refractivity contribution in [2.75, 3.05) is 30.0 Å². The van der Waals surface area contributed by atoms with Crippen molar-refractivity contribution in [1.82, 2.24) is 15.2 Å². The molecule has 0 spiro atoms. The number of rotatable bonds is 6. The maximum Gasteiger partial charge on any atom is 0.236 e. The number of hydrogen-bond donors (Lipinski definition) is 1. The average molecular weight is 427 g/mol. The molecule has 4 rings (SSSR count). The number of benzene rings is 1. The second-order valence-corrected chi connectivity index (χ2v) is 9.83. The topological polar surface area (TPSA) is 86.2 Å². The Labute approximate surface area is 165 Å². The summed E-state index contributed by atoms with van der Waals surface area (Å²) in [5.41, 5.74) is 0.785. The molecule has 3 aromatic rings. The van der Waals surface area contributed by atoms with Crippen LogP contribution in [0.2, 0.25) is 0 Å². The molecule has 0 unspecified atom stereocenters. The molecule has 1 aliphatic rings. The molecular weight excluding hydrogens is 412 g/mol. The first-order valence-corrected chi connectivity index (χ1v) is 11.4. The second-order valence-electron chi connectivity index (χ2n) is 5.09. The van der Waals surface area contributed by atoms with E-state index in [2.05, 4.69) is 27.4 Å². The van der Waals surface area contributed by atoms with E-state index in [1.807, 2.05) is 12.1 Å². The number of thiazole rings is 1. The van der Waals surface area contributed by atoms with Crippen molar-refractivity contribution >= 4 is 67.5 Å². The number of fused-ring (bicyclic) bond motifs is 2. The number of amides is 1. The lowest BCUT2D eigenvalue weighted by Crippen LogP contribution is -2.15. The summed E-state index contributed by atoms with van der Waals surface area (Å²) in [6.45, 7) is 3.15. The standard InChI is InChI=1S/C15H14N4O3S4/c1-2-23-14-18-19-15(26-14)24-7-12(20)17-13-16-8-5-9-10(6-11(8)25-13)22-4-3-21-9/h5-6H,2-4,7H2,1H3,(H,16,17,20). The van der Waals surface area contributed by atoms with Gasteiger partial charge in [-0.1, -0.05) is 53.1 Å². The first-order chi connectivity index (χ1) is 12.7. The maximum absolute atomic E-state index is 12.2. The molecule has 2 aromatic heterocycles. The molecule has 0 aliphatic carbocycles. The molecule has 7 nitrogen and oxygen atoms in total. The summed E-state index contributed by atoms with van der Waals surface area (Å²) in [7, 11) is 0. The van der Waals surface area contributed by atoms with Gasteiger partial charge in [-0.05, 0) is 5.75 Å². The minimum Gasteiger partial charge on any atom is -0.486 e. The van der Waals surface area contributed by atoms with Crippen molar-refractivity contribution in [2.24, 2.45) is 0 Å². The van der Waals surface area contributed by atoms with E-state index in [9.17, 15) is 4.79 Å². The van der Waals surface area contributed by atoms with Crippen molar-refractivity contribution in [1.29, 1.82) is 0 Å². The lowest BCUT2D eigenvalue weighted by atomic mass is 10.3. The van der Waals surface area contributed by atoms with Crippen molar-refractivity contribution in [3.05, 3.63) is 12.1 Å². The van der Waals surface area contributed by atoms with Gasteiger partial charge in [0.1, 0.15) is 13.2 Å². The summed E-state index contributed by atoms with van der Waals surface area (Å²) in [5.74, 6) is 2.52. The lowest BCUT2D eigenvalue weighted by Gasteiger charge is -2.17. The molecule has 0 saturated carbocycles. The summed E-state index contributed by atoms with van der Waals surface area (Å²) in [4.78, 5) is 16.6. The Balaban J connectivity index is 1.39. The van der Waals surface area contributed by atoms with Gasteiger partial charge in [-0.25, -0.2) is 4.98 Å². The fraction of sp³-hybridized carbons (Fsp3) is 0.333. The monoisotopic (exact) mass is 426 g/mol. The number of nitrogens with one attached hydrogen (secondary N) is 1. The van der Waals surface area contributed by atoms with Gasteiger partial charge in [0.05, 0.1) is 16.0 Å². The number of aromatic nitrogens is 3. The minimum absolute atomic E-state index is 0.119. The van der Waals surface area contributed by atoms with Crippen LogP contribution >= 0.6 is 46.2 Å². The van der Waals surface area contributed by atoms with Gasteiger partial charge in [0.15, 0.2) is 25.3 Å². The van der Waals surface area contributed by atoms with Gasteiger partial charge in [-0.15, -0.1) is 10.2 Å². The SMILES string of the molecule is CCSc1nnc(SCC(=O)Nc2nc3cc4c(cc3s2)OCCO4)s1. The Bertz CT molecular complexity index is 899. The summed E-state index contributed by atoms with van der Waals surface area (Å²) in [6, 6.07) is 3.75. The van der Waals surface area contributed by atoms with E-state index < -0.39 is 0 Å². The van der Waals surface area contributed by atoms with Crippen molar-refractivity contribution in [3.63, 3.8) is 0 Å². The van der Waals surface area contributed by atoms with E-state index in [1.54, 1.807) is 11.8 Å². The molecule has 0 fully saturated rings. The van der Waals surface area contributed by atoms with Gasteiger partial charge in [-0.2, -0.15) is 0 Å². The van der Waals surface area contributed by atoms with E-state index in [-0.39, 0.29) is 11.7 Å². The number of anilines is 1. The van der Waals surface area contributed by atoms with Crippen LogP contribution in [0.15, 0.2) is 20.8 Å². The maximum atomic E-state index is 12.2. The van der Waals surface area contributed by atoms with Gasteiger partial charge >= 0.3 is 0 Å². The minimum atomic E-state index is -0.119. The second kappa shape index (κ2) is 7.99. The number of hydrogen-bond acceptors (Lipinski definition) is 10. The number of ether oxygens (including phenoxy) is 2. The Morgan fingerprint density at radius 2 is 1.88 bits per heavy atom. The molecule has 1 aliphatic heterocycles. The van der Waals surface area contributed by atoms with Gasteiger partial charge in [-0.3, -0.25) is 4.79 Å². The zero-order valence-corrected chi connectivity index (χ0v) is 16.9. The Morgan fingerprint density at radius 1 is 1.15 bits per heavy atom. The predicted octanol–water partition coefficient (Wildman–Crippen LogP) is 3.76. The zero-order chi connectivity index (χ0) is 17.9. The van der Waals surface area contributed by atoms with Crippen LogP contribution in [-0.2, 0) is 4.79 Å². The molecule has 11 heteroatoms. The van der Waals surface area contributed by atoms with E-state index in [1.165, 1.54) is 34.4 Å². The molecule has 26 heavy (non-hydrogen) atoms. The van der Waals surface area contributed by atoms with Crippen LogP contribution in [0.3, 0.4) is 0 Å². The van der Waals surface area contributed by atoms with Crippen molar-refractivity contribution < 1.29 is 14.3 Å². The average Bonchev–Trinajstić information content (AvgIpc) is 3.24. The van der Waals surface area contributed by atoms with Gasteiger partial charge in [0.2, 0.25) is 5.91 Å². The molecule has 0 radical (unpaired) electrons. The molecule has 1 amide bonds. The number of carbonyl (C=O) groups is 1. The van der Waals surface area contributed by atoms with E-state index in [4.69, 9.17) is 9.47 Å². The molecule has 0 bridgehead atoms. The summed E-state index contributed by atoms with van der Waals surface area (Å²) >= 11 is 5.95. The van der Waals surface area contributed by atoms with E-state index >= 15 is 0 Å².